The molecule has 0 bridgehead atoms. The standard InChI is InChI=1S/C17H22FNO2/c1-21-17(9-3-2-4-10-17)16(20)19-11-5-6-13-7-8-14(18)12-15(13)19/h7-8,12H,2-6,9-11H2,1H3. The molecule has 0 aromatic heterocycles. The van der Waals surface area contributed by atoms with E-state index in [1.807, 2.05) is 0 Å². The minimum Gasteiger partial charge on any atom is -0.368 e. The maximum atomic E-state index is 13.6. The highest BCUT2D eigenvalue weighted by molar-refractivity contribution is 6.00. The number of hydrogen-bond acceptors (Lipinski definition) is 2. The fraction of sp³-hybridized carbons (Fsp3) is 0.588. The Morgan fingerprint density at radius 3 is 2.71 bits per heavy atom. The Hall–Kier alpha value is -1.42. The Bertz CT molecular complexity index is 538. The zero-order valence-corrected chi connectivity index (χ0v) is 12.5. The van der Waals surface area contributed by atoms with E-state index in [0.717, 1.165) is 56.2 Å². The maximum Gasteiger partial charge on any atom is 0.259 e. The van der Waals surface area contributed by atoms with Crippen LogP contribution in [0.15, 0.2) is 18.2 Å². The van der Waals surface area contributed by atoms with Gasteiger partial charge >= 0.3 is 0 Å². The third kappa shape index (κ3) is 2.57. The topological polar surface area (TPSA) is 29.5 Å². The molecule has 0 unspecified atom stereocenters. The molecule has 2 aliphatic rings. The van der Waals surface area contributed by atoms with Crippen molar-refractivity contribution in [2.45, 2.75) is 50.5 Å². The van der Waals surface area contributed by atoms with Crippen LogP contribution in [0.5, 0.6) is 0 Å². The predicted octanol–water partition coefficient (Wildman–Crippen LogP) is 3.45. The van der Waals surface area contributed by atoms with Gasteiger partial charge in [0.15, 0.2) is 0 Å². The Morgan fingerprint density at radius 1 is 1.24 bits per heavy atom. The molecular weight excluding hydrogens is 269 g/mol. The van der Waals surface area contributed by atoms with E-state index in [2.05, 4.69) is 0 Å². The SMILES string of the molecule is COC1(C(=O)N2CCCc3ccc(F)cc32)CCCCC1. The highest BCUT2D eigenvalue weighted by Crippen LogP contribution is 2.36. The molecular formula is C17H22FNO2. The second-order valence-electron chi connectivity index (χ2n) is 6.09. The molecule has 1 amide bonds. The van der Waals surface area contributed by atoms with Crippen LogP contribution in [0, 0.1) is 5.82 Å². The first-order chi connectivity index (χ1) is 10.2. The average Bonchev–Trinajstić information content (AvgIpc) is 2.54. The number of carbonyl (C=O) groups excluding carboxylic acids is 1. The van der Waals surface area contributed by atoms with Crippen LogP contribution in [0.2, 0.25) is 0 Å². The number of amides is 1. The number of anilines is 1. The van der Waals surface area contributed by atoms with E-state index >= 15 is 0 Å². The number of aryl methyl sites for hydroxylation is 1. The molecule has 0 spiro atoms. The summed E-state index contributed by atoms with van der Waals surface area (Å²) < 4.78 is 19.2. The van der Waals surface area contributed by atoms with Crippen molar-refractivity contribution in [1.29, 1.82) is 0 Å². The number of fused-ring (bicyclic) bond motifs is 1. The molecule has 1 aliphatic carbocycles. The summed E-state index contributed by atoms with van der Waals surface area (Å²) >= 11 is 0. The first-order valence-electron chi connectivity index (χ1n) is 7.82. The van der Waals surface area contributed by atoms with Gasteiger partial charge in [0, 0.05) is 19.3 Å². The minimum atomic E-state index is -0.709. The van der Waals surface area contributed by atoms with Crippen LogP contribution in [0.1, 0.15) is 44.1 Å². The van der Waals surface area contributed by atoms with Gasteiger partial charge in [-0.3, -0.25) is 4.79 Å². The predicted molar refractivity (Wildman–Crippen MR) is 79.9 cm³/mol. The second-order valence-corrected chi connectivity index (χ2v) is 6.09. The lowest BCUT2D eigenvalue weighted by Crippen LogP contribution is -2.53. The summed E-state index contributed by atoms with van der Waals surface area (Å²) in [5.74, 6) is -0.278. The molecule has 0 atom stereocenters. The van der Waals surface area contributed by atoms with E-state index < -0.39 is 5.60 Å². The number of halogens is 1. The van der Waals surface area contributed by atoms with Gasteiger partial charge in [0.05, 0.1) is 0 Å². The number of rotatable bonds is 2. The maximum absolute atomic E-state index is 13.6. The zero-order chi connectivity index (χ0) is 14.9. The lowest BCUT2D eigenvalue weighted by Gasteiger charge is -2.40. The lowest BCUT2D eigenvalue weighted by atomic mass is 9.83. The number of nitrogens with zero attached hydrogens (tertiary/aromatic N) is 1. The van der Waals surface area contributed by atoms with Crippen LogP contribution in [-0.4, -0.2) is 25.2 Å². The van der Waals surface area contributed by atoms with Crippen LogP contribution in [0.4, 0.5) is 10.1 Å². The quantitative estimate of drug-likeness (QED) is 0.835. The number of carbonyl (C=O) groups is 1. The van der Waals surface area contributed by atoms with Gasteiger partial charge in [0.2, 0.25) is 0 Å². The monoisotopic (exact) mass is 291 g/mol. The summed E-state index contributed by atoms with van der Waals surface area (Å²) in [6.45, 7) is 0.653. The number of methoxy groups -OCH3 is 1. The van der Waals surface area contributed by atoms with E-state index in [1.54, 1.807) is 18.1 Å². The highest BCUT2D eigenvalue weighted by Gasteiger charge is 2.43. The molecule has 1 saturated carbocycles. The van der Waals surface area contributed by atoms with E-state index in [0.29, 0.717) is 6.54 Å². The molecule has 3 nitrogen and oxygen atoms in total. The minimum absolute atomic E-state index is 0.0104. The normalized spacial score (nSPS) is 21.0. The lowest BCUT2D eigenvalue weighted by molar-refractivity contribution is -0.144. The summed E-state index contributed by atoms with van der Waals surface area (Å²) in [5.41, 5.74) is 1.07. The number of hydrogen-bond donors (Lipinski definition) is 0. The summed E-state index contributed by atoms with van der Waals surface area (Å²) in [6.07, 6.45) is 6.55. The summed E-state index contributed by atoms with van der Waals surface area (Å²) in [6, 6.07) is 4.75. The summed E-state index contributed by atoms with van der Waals surface area (Å²) in [5, 5.41) is 0. The molecule has 0 radical (unpaired) electrons. The van der Waals surface area contributed by atoms with Gasteiger partial charge in [0.25, 0.3) is 5.91 Å². The van der Waals surface area contributed by atoms with Crippen molar-refractivity contribution in [3.63, 3.8) is 0 Å². The van der Waals surface area contributed by atoms with E-state index in [4.69, 9.17) is 4.74 Å². The molecule has 1 aromatic rings. The Morgan fingerprint density at radius 2 is 2.00 bits per heavy atom. The molecule has 3 rings (SSSR count). The largest absolute Gasteiger partial charge is 0.368 e. The van der Waals surface area contributed by atoms with Crippen LogP contribution in [0.3, 0.4) is 0 Å². The Labute approximate surface area is 125 Å². The van der Waals surface area contributed by atoms with Gasteiger partial charge in [-0.05, 0) is 43.4 Å². The molecule has 0 saturated heterocycles. The highest BCUT2D eigenvalue weighted by atomic mass is 19.1. The van der Waals surface area contributed by atoms with Crippen molar-refractivity contribution in [2.24, 2.45) is 0 Å². The first-order valence-corrected chi connectivity index (χ1v) is 7.82. The Kier molecular flexibility index (Phi) is 3.98. The fourth-order valence-corrected chi connectivity index (χ4v) is 3.63. The smallest absolute Gasteiger partial charge is 0.259 e. The van der Waals surface area contributed by atoms with Gasteiger partial charge in [-0.1, -0.05) is 25.3 Å². The van der Waals surface area contributed by atoms with Crippen LogP contribution in [0.25, 0.3) is 0 Å². The first kappa shape index (κ1) is 14.5. The molecule has 1 heterocycles. The molecule has 1 fully saturated rings. The van der Waals surface area contributed by atoms with Crippen molar-refractivity contribution < 1.29 is 13.9 Å². The second kappa shape index (κ2) is 5.76. The number of benzene rings is 1. The van der Waals surface area contributed by atoms with E-state index in [-0.39, 0.29) is 11.7 Å². The zero-order valence-electron chi connectivity index (χ0n) is 12.5. The van der Waals surface area contributed by atoms with Crippen molar-refractivity contribution >= 4 is 11.6 Å². The van der Waals surface area contributed by atoms with Gasteiger partial charge < -0.3 is 9.64 Å². The molecule has 21 heavy (non-hydrogen) atoms. The van der Waals surface area contributed by atoms with E-state index in [9.17, 15) is 9.18 Å². The van der Waals surface area contributed by atoms with Gasteiger partial charge in [0.1, 0.15) is 11.4 Å². The van der Waals surface area contributed by atoms with Crippen LogP contribution < -0.4 is 4.90 Å². The molecule has 1 aliphatic heterocycles. The van der Waals surface area contributed by atoms with Gasteiger partial charge in [-0.25, -0.2) is 4.39 Å². The van der Waals surface area contributed by atoms with Gasteiger partial charge in [-0.15, -0.1) is 0 Å². The van der Waals surface area contributed by atoms with Gasteiger partial charge in [-0.2, -0.15) is 0 Å². The number of ether oxygens (including phenoxy) is 1. The molecule has 0 N–H and O–H groups in total. The van der Waals surface area contributed by atoms with Crippen molar-refractivity contribution in [3.8, 4) is 0 Å². The van der Waals surface area contributed by atoms with Crippen LogP contribution >= 0.6 is 0 Å². The summed E-state index contributed by atoms with van der Waals surface area (Å²) in [7, 11) is 1.62. The Balaban J connectivity index is 1.94. The van der Waals surface area contributed by atoms with Crippen molar-refractivity contribution in [1.82, 2.24) is 0 Å². The molecule has 1 aromatic carbocycles. The third-order valence-electron chi connectivity index (χ3n) is 4.85. The van der Waals surface area contributed by atoms with Crippen molar-refractivity contribution in [3.05, 3.63) is 29.6 Å². The molecule has 114 valence electrons. The molecule has 4 heteroatoms. The van der Waals surface area contributed by atoms with Crippen molar-refractivity contribution in [2.75, 3.05) is 18.6 Å². The van der Waals surface area contributed by atoms with Crippen LogP contribution in [-0.2, 0) is 16.0 Å². The fourth-order valence-electron chi connectivity index (χ4n) is 3.63. The third-order valence-corrected chi connectivity index (χ3v) is 4.85. The summed E-state index contributed by atoms with van der Waals surface area (Å²) in [4.78, 5) is 14.8. The average molecular weight is 291 g/mol. The van der Waals surface area contributed by atoms with E-state index in [1.165, 1.54) is 12.1 Å².